The van der Waals surface area contributed by atoms with E-state index < -0.39 is 30.3 Å². The monoisotopic (exact) mass is 955 g/mol. The lowest BCUT2D eigenvalue weighted by molar-refractivity contribution is -0.870. The van der Waals surface area contributed by atoms with Crippen LogP contribution in [0.4, 0.5) is 0 Å². The van der Waals surface area contributed by atoms with Gasteiger partial charge in [-0.2, -0.15) is 0 Å². The van der Waals surface area contributed by atoms with E-state index in [2.05, 4.69) is 166 Å². The minimum Gasteiger partial charge on any atom is -0.477 e. The van der Waals surface area contributed by atoms with Crippen LogP contribution >= 0.6 is 0 Å². The molecular formula is C60H92NO8+. The molecule has 0 radical (unpaired) electrons. The third-order valence-electron chi connectivity index (χ3n) is 9.78. The predicted octanol–water partition coefficient (Wildman–Crippen LogP) is 14.7. The molecule has 0 aliphatic heterocycles. The summed E-state index contributed by atoms with van der Waals surface area (Å²) in [5.74, 6) is -2.18. The first kappa shape index (κ1) is 63.9. The molecule has 0 fully saturated rings. The van der Waals surface area contributed by atoms with Crippen molar-refractivity contribution in [2.45, 2.75) is 155 Å². The molecule has 384 valence electrons. The molecule has 0 heterocycles. The van der Waals surface area contributed by atoms with Gasteiger partial charge in [-0.1, -0.05) is 172 Å². The first-order valence-electron chi connectivity index (χ1n) is 25.6. The number of esters is 2. The van der Waals surface area contributed by atoms with Crippen molar-refractivity contribution in [3.63, 3.8) is 0 Å². The SMILES string of the molecule is CC/C=C\C/C=C\C/C=C\C/C=C\C/C=C\C/C=C\C/C=C\CCCC(=O)OC(COC(=O)CCCC/C=C\C/C=C\C/C=C\C/C=C\C/C=C\C/C=C\CC)COC(OCC[N+](C)(C)C)C(=O)O. The zero-order chi connectivity index (χ0) is 50.6. The molecule has 0 aliphatic rings. The van der Waals surface area contributed by atoms with Gasteiger partial charge in [0.1, 0.15) is 13.2 Å². The van der Waals surface area contributed by atoms with E-state index in [-0.39, 0.29) is 32.7 Å². The zero-order valence-electron chi connectivity index (χ0n) is 43.4. The lowest BCUT2D eigenvalue weighted by atomic mass is 10.2. The summed E-state index contributed by atoms with van der Waals surface area (Å²) in [7, 11) is 5.91. The molecule has 0 aliphatic carbocycles. The lowest BCUT2D eigenvalue weighted by Gasteiger charge is -2.25. The van der Waals surface area contributed by atoms with Crippen molar-refractivity contribution < 1.29 is 42.9 Å². The molecular weight excluding hydrogens is 863 g/mol. The highest BCUT2D eigenvalue weighted by molar-refractivity contribution is 5.71. The molecule has 0 saturated carbocycles. The molecule has 0 rings (SSSR count). The quantitative estimate of drug-likeness (QED) is 0.0211. The van der Waals surface area contributed by atoms with Crippen LogP contribution in [-0.4, -0.2) is 87.4 Å². The summed E-state index contributed by atoms with van der Waals surface area (Å²) in [6.45, 7) is 4.48. The fourth-order valence-electron chi connectivity index (χ4n) is 5.88. The Morgan fingerprint density at radius 1 is 0.435 bits per heavy atom. The van der Waals surface area contributed by atoms with E-state index >= 15 is 0 Å². The molecule has 69 heavy (non-hydrogen) atoms. The summed E-state index contributed by atoms with van der Waals surface area (Å²) in [5, 5.41) is 9.67. The van der Waals surface area contributed by atoms with Gasteiger partial charge in [0, 0.05) is 12.8 Å². The van der Waals surface area contributed by atoms with Crippen molar-refractivity contribution in [2.75, 3.05) is 47.5 Å². The number of carbonyl (C=O) groups excluding carboxylic acids is 2. The molecule has 0 amide bonds. The van der Waals surface area contributed by atoms with Crippen LogP contribution in [0.2, 0.25) is 0 Å². The Balaban J connectivity index is 4.58. The topological polar surface area (TPSA) is 108 Å². The molecule has 0 aromatic rings. The summed E-state index contributed by atoms with van der Waals surface area (Å²) >= 11 is 0. The van der Waals surface area contributed by atoms with Gasteiger partial charge in [0.05, 0.1) is 34.4 Å². The molecule has 0 aromatic carbocycles. The number of unbranched alkanes of at least 4 members (excludes halogenated alkanes) is 3. The van der Waals surface area contributed by atoms with Crippen LogP contribution in [0.5, 0.6) is 0 Å². The number of ether oxygens (including phenoxy) is 4. The molecule has 9 heteroatoms. The van der Waals surface area contributed by atoms with E-state index in [1.807, 2.05) is 27.2 Å². The maximum atomic E-state index is 12.8. The van der Waals surface area contributed by atoms with Crippen molar-refractivity contribution in [2.24, 2.45) is 0 Å². The van der Waals surface area contributed by atoms with Crippen LogP contribution in [0.15, 0.2) is 158 Å². The molecule has 9 nitrogen and oxygen atoms in total. The number of carboxylic acids is 1. The Hall–Kier alpha value is -5.09. The third kappa shape index (κ3) is 50.6. The lowest BCUT2D eigenvalue weighted by Crippen LogP contribution is -2.40. The number of quaternary nitrogens is 1. The second kappa shape index (κ2) is 49.3. The molecule has 2 unspecified atom stereocenters. The first-order valence-corrected chi connectivity index (χ1v) is 25.6. The summed E-state index contributed by atoms with van der Waals surface area (Å²) in [6.07, 6.45) is 70.3. The third-order valence-corrected chi connectivity index (χ3v) is 9.78. The van der Waals surface area contributed by atoms with Crippen molar-refractivity contribution in [3.05, 3.63) is 158 Å². The van der Waals surface area contributed by atoms with Crippen LogP contribution < -0.4 is 0 Å². The van der Waals surface area contributed by atoms with Gasteiger partial charge < -0.3 is 28.5 Å². The number of likely N-dealkylation sites (N-methyl/N-ethyl adjacent to an activating group) is 1. The predicted molar refractivity (Wildman–Crippen MR) is 290 cm³/mol. The van der Waals surface area contributed by atoms with E-state index in [4.69, 9.17) is 18.9 Å². The first-order chi connectivity index (χ1) is 33.6. The fraction of sp³-hybridized carbons (Fsp3) is 0.517. The van der Waals surface area contributed by atoms with E-state index in [0.29, 0.717) is 30.3 Å². The summed E-state index contributed by atoms with van der Waals surface area (Å²) in [4.78, 5) is 37.3. The summed E-state index contributed by atoms with van der Waals surface area (Å²) in [6, 6.07) is 0. The van der Waals surface area contributed by atoms with Crippen molar-refractivity contribution in [3.8, 4) is 0 Å². The highest BCUT2D eigenvalue weighted by atomic mass is 16.7. The minimum atomic E-state index is -1.55. The van der Waals surface area contributed by atoms with Gasteiger partial charge in [0.15, 0.2) is 6.10 Å². The molecule has 0 bridgehead atoms. The van der Waals surface area contributed by atoms with Crippen LogP contribution in [0.25, 0.3) is 0 Å². The number of nitrogens with zero attached hydrogens (tertiary/aromatic N) is 1. The van der Waals surface area contributed by atoms with Crippen LogP contribution in [0.3, 0.4) is 0 Å². The number of rotatable bonds is 44. The number of carboxylic acid groups (broad SMARTS) is 1. The van der Waals surface area contributed by atoms with Gasteiger partial charge in [-0.3, -0.25) is 9.59 Å². The minimum absolute atomic E-state index is 0.158. The number of aliphatic carboxylic acids is 1. The average molecular weight is 955 g/mol. The number of allylic oxidation sites excluding steroid dienone is 26. The maximum Gasteiger partial charge on any atom is 0.361 e. The van der Waals surface area contributed by atoms with Gasteiger partial charge in [0.25, 0.3) is 6.29 Å². The number of carbonyl (C=O) groups is 3. The van der Waals surface area contributed by atoms with E-state index in [0.717, 1.165) is 96.3 Å². The second-order valence-corrected chi connectivity index (χ2v) is 17.4. The molecule has 0 spiro atoms. The smallest absolute Gasteiger partial charge is 0.361 e. The summed E-state index contributed by atoms with van der Waals surface area (Å²) < 4.78 is 22.7. The number of hydrogen-bond donors (Lipinski definition) is 1. The largest absolute Gasteiger partial charge is 0.477 e. The second-order valence-electron chi connectivity index (χ2n) is 17.4. The average Bonchev–Trinajstić information content (AvgIpc) is 3.31. The zero-order valence-corrected chi connectivity index (χ0v) is 43.4. The van der Waals surface area contributed by atoms with E-state index in [1.54, 1.807) is 0 Å². The van der Waals surface area contributed by atoms with E-state index in [1.165, 1.54) is 0 Å². The van der Waals surface area contributed by atoms with Gasteiger partial charge in [0.2, 0.25) is 0 Å². The van der Waals surface area contributed by atoms with Gasteiger partial charge in [-0.25, -0.2) is 4.79 Å². The van der Waals surface area contributed by atoms with Gasteiger partial charge in [-0.05, 0) is 116 Å². The Morgan fingerprint density at radius 2 is 0.783 bits per heavy atom. The van der Waals surface area contributed by atoms with Gasteiger partial charge in [-0.15, -0.1) is 0 Å². The highest BCUT2D eigenvalue weighted by Gasteiger charge is 2.25. The Morgan fingerprint density at radius 3 is 1.14 bits per heavy atom. The maximum absolute atomic E-state index is 12.8. The molecule has 2 atom stereocenters. The Labute approximate surface area is 419 Å². The number of hydrogen-bond acceptors (Lipinski definition) is 7. The van der Waals surface area contributed by atoms with Crippen molar-refractivity contribution >= 4 is 17.9 Å². The van der Waals surface area contributed by atoms with Gasteiger partial charge >= 0.3 is 17.9 Å². The highest BCUT2D eigenvalue weighted by Crippen LogP contribution is 2.09. The van der Waals surface area contributed by atoms with Crippen LogP contribution in [0, 0.1) is 0 Å². The van der Waals surface area contributed by atoms with E-state index in [9.17, 15) is 19.5 Å². The van der Waals surface area contributed by atoms with Crippen molar-refractivity contribution in [1.82, 2.24) is 0 Å². The molecule has 0 saturated heterocycles. The Kier molecular flexibility index (Phi) is 45.7. The summed E-state index contributed by atoms with van der Waals surface area (Å²) in [5.41, 5.74) is 0. The fourth-order valence-corrected chi connectivity index (χ4v) is 5.88. The van der Waals surface area contributed by atoms with Crippen molar-refractivity contribution in [1.29, 1.82) is 0 Å². The van der Waals surface area contributed by atoms with Crippen LogP contribution in [-0.2, 0) is 33.3 Å². The van der Waals surface area contributed by atoms with Crippen LogP contribution in [0.1, 0.15) is 142 Å². The molecule has 1 N–H and O–H groups in total. The standard InChI is InChI=1S/C60H91NO8/c1-6-8-10-12-14-16-18-20-22-24-26-28-29-31-33-35-37-39-41-43-45-47-49-51-58(63)69-56(55-68-60(59(64)65)66-53-52-61(3,4)5)54-67-57(62)50-48-46-44-42-40-38-36-34-32-30-27-25-23-21-19-17-15-13-11-9-7-2/h8-11,14-17,20-23,26-28,30-31,33-34,36-37,39-40,42-43,45,56,60H,6-7,12-13,18-19,24-25,29,32,35,38,41,44,46-55H2,1-5H3/p+1/b10-8-,11-9-,16-14-,17-15-,22-20-,23-21-,28-26-,30-27-,33-31-,36-34-,39-37-,42-40-,45-43-. The Bertz CT molecular complexity index is 1680. The normalized spacial score (nSPS) is 14.2. The molecule has 0 aromatic heterocycles.